The van der Waals surface area contributed by atoms with Crippen LogP contribution >= 0.6 is 50.7 Å². The smallest absolute Gasteiger partial charge is 0.0922 e. The molecule has 0 saturated carbocycles. The van der Waals surface area contributed by atoms with Gasteiger partial charge in [0, 0.05) is 21.8 Å². The van der Waals surface area contributed by atoms with E-state index in [1.54, 1.807) is 0 Å². The van der Waals surface area contributed by atoms with Gasteiger partial charge in [-0.25, -0.2) is 0 Å². The van der Waals surface area contributed by atoms with Gasteiger partial charge >= 0.3 is 0 Å². The molecule has 1 aliphatic heterocycles. The van der Waals surface area contributed by atoms with Crippen LogP contribution in [0.1, 0.15) is 11.3 Å². The molecule has 1 aromatic carbocycles. The first-order valence-electron chi connectivity index (χ1n) is 5.31. The zero-order chi connectivity index (χ0) is 12.9. The second-order valence-corrected chi connectivity index (χ2v) is 6.02. The molecule has 0 bridgehead atoms. The molecule has 0 unspecified atom stereocenters. The van der Waals surface area contributed by atoms with Crippen LogP contribution in [0.2, 0.25) is 15.1 Å². The van der Waals surface area contributed by atoms with Gasteiger partial charge < -0.3 is 4.74 Å². The van der Waals surface area contributed by atoms with Crippen molar-refractivity contribution in [3.8, 4) is 0 Å². The molecule has 0 saturated heterocycles. The average molecular weight is 367 g/mol. The quantitative estimate of drug-likeness (QED) is 0.609. The number of nitrogens with zero attached hydrogens (tertiary/aromatic N) is 1. The second kappa shape index (κ2) is 4.80. The van der Waals surface area contributed by atoms with E-state index >= 15 is 0 Å². The standard InChI is InChI=1S/C12H7BrCl3NO/c13-7-3-5-9(14)6-4-18-2-1-8(6)17-12(5)11(16)10(7)15/h3H,1-2,4H2. The number of aromatic nitrogens is 1. The van der Waals surface area contributed by atoms with Crippen molar-refractivity contribution < 1.29 is 4.74 Å². The monoisotopic (exact) mass is 365 g/mol. The molecule has 1 aromatic heterocycles. The van der Waals surface area contributed by atoms with Crippen LogP contribution in [0.5, 0.6) is 0 Å². The maximum absolute atomic E-state index is 6.41. The summed E-state index contributed by atoms with van der Waals surface area (Å²) < 4.78 is 6.12. The first-order valence-corrected chi connectivity index (χ1v) is 7.24. The maximum Gasteiger partial charge on any atom is 0.0922 e. The zero-order valence-corrected chi connectivity index (χ0v) is 12.9. The van der Waals surface area contributed by atoms with Crippen LogP contribution in [0.15, 0.2) is 10.5 Å². The topological polar surface area (TPSA) is 22.1 Å². The third-order valence-corrected chi connectivity index (χ3v) is 5.11. The van der Waals surface area contributed by atoms with E-state index in [-0.39, 0.29) is 0 Å². The first kappa shape index (κ1) is 12.9. The van der Waals surface area contributed by atoms with Gasteiger partial charge in [-0.3, -0.25) is 4.98 Å². The highest BCUT2D eigenvalue weighted by Gasteiger charge is 2.20. The van der Waals surface area contributed by atoms with Gasteiger partial charge in [0.1, 0.15) is 0 Å². The predicted molar refractivity (Wildman–Crippen MR) is 77.8 cm³/mol. The molecule has 0 atom stereocenters. The minimum atomic E-state index is 0.428. The summed E-state index contributed by atoms with van der Waals surface area (Å²) in [4.78, 5) is 4.58. The highest BCUT2D eigenvalue weighted by Crippen LogP contribution is 2.40. The number of hydrogen-bond acceptors (Lipinski definition) is 2. The predicted octanol–water partition coefficient (Wildman–Crippen LogP) is 5.03. The van der Waals surface area contributed by atoms with Crippen LogP contribution in [-0.4, -0.2) is 11.6 Å². The van der Waals surface area contributed by atoms with Gasteiger partial charge in [0.25, 0.3) is 0 Å². The fraction of sp³-hybridized carbons (Fsp3) is 0.250. The largest absolute Gasteiger partial charge is 0.376 e. The van der Waals surface area contributed by atoms with Crippen molar-refractivity contribution in [2.45, 2.75) is 13.0 Å². The molecule has 18 heavy (non-hydrogen) atoms. The zero-order valence-electron chi connectivity index (χ0n) is 9.07. The number of fused-ring (bicyclic) bond motifs is 2. The lowest BCUT2D eigenvalue weighted by Gasteiger charge is -2.19. The summed E-state index contributed by atoms with van der Waals surface area (Å²) in [6.45, 7) is 1.15. The average Bonchev–Trinajstić information content (AvgIpc) is 2.38. The Kier molecular flexibility index (Phi) is 3.45. The van der Waals surface area contributed by atoms with Crippen molar-refractivity contribution in [2.75, 3.05) is 6.61 Å². The van der Waals surface area contributed by atoms with Crippen LogP contribution < -0.4 is 0 Å². The lowest BCUT2D eigenvalue weighted by Crippen LogP contribution is -2.12. The number of benzene rings is 1. The van der Waals surface area contributed by atoms with E-state index in [4.69, 9.17) is 39.5 Å². The van der Waals surface area contributed by atoms with E-state index in [0.29, 0.717) is 38.3 Å². The molecule has 0 N–H and O–H groups in total. The molecule has 6 heteroatoms. The van der Waals surface area contributed by atoms with E-state index in [9.17, 15) is 0 Å². The Morgan fingerprint density at radius 1 is 1.17 bits per heavy atom. The lowest BCUT2D eigenvalue weighted by molar-refractivity contribution is 0.109. The highest BCUT2D eigenvalue weighted by molar-refractivity contribution is 9.10. The third-order valence-electron chi connectivity index (χ3n) is 2.96. The summed E-state index contributed by atoms with van der Waals surface area (Å²) >= 11 is 22.1. The van der Waals surface area contributed by atoms with Crippen molar-refractivity contribution in [1.29, 1.82) is 0 Å². The van der Waals surface area contributed by atoms with Crippen LogP contribution in [-0.2, 0) is 17.8 Å². The summed E-state index contributed by atoms with van der Waals surface area (Å²) in [6.07, 6.45) is 0.745. The molecular formula is C12H7BrCl3NO. The molecule has 2 nitrogen and oxygen atoms in total. The van der Waals surface area contributed by atoms with Crippen molar-refractivity contribution in [2.24, 2.45) is 0 Å². The van der Waals surface area contributed by atoms with Crippen LogP contribution in [0, 0.1) is 0 Å². The fourth-order valence-electron chi connectivity index (χ4n) is 2.05. The molecule has 2 aromatic rings. The van der Waals surface area contributed by atoms with Gasteiger partial charge in [0.2, 0.25) is 0 Å². The third kappa shape index (κ3) is 1.93. The highest BCUT2D eigenvalue weighted by atomic mass is 79.9. The van der Waals surface area contributed by atoms with Gasteiger partial charge in [0.05, 0.1) is 39.5 Å². The van der Waals surface area contributed by atoms with E-state index < -0.39 is 0 Å². The van der Waals surface area contributed by atoms with E-state index in [1.165, 1.54) is 0 Å². The number of ether oxygens (including phenoxy) is 1. The van der Waals surface area contributed by atoms with Crippen molar-refractivity contribution in [3.63, 3.8) is 0 Å². The van der Waals surface area contributed by atoms with Gasteiger partial charge in [-0.2, -0.15) is 0 Å². The second-order valence-electron chi connectivity index (χ2n) is 4.04. The SMILES string of the molecule is Clc1c(Br)cc2c(Cl)c3c(nc2c1Cl)CCOC3. The molecule has 3 rings (SSSR count). The summed E-state index contributed by atoms with van der Waals surface area (Å²) in [5, 5.41) is 2.33. The Hall–Kier alpha value is -0.0600. The minimum Gasteiger partial charge on any atom is -0.376 e. The summed E-state index contributed by atoms with van der Waals surface area (Å²) in [5.41, 5.74) is 2.54. The van der Waals surface area contributed by atoms with E-state index in [0.717, 1.165) is 23.1 Å². The van der Waals surface area contributed by atoms with Gasteiger partial charge in [-0.05, 0) is 22.0 Å². The molecule has 1 aliphatic rings. The minimum absolute atomic E-state index is 0.428. The normalized spacial score (nSPS) is 14.9. The first-order chi connectivity index (χ1) is 8.59. The number of hydrogen-bond donors (Lipinski definition) is 0. The Morgan fingerprint density at radius 2 is 1.94 bits per heavy atom. The molecule has 0 amide bonds. The Morgan fingerprint density at radius 3 is 2.72 bits per heavy atom. The van der Waals surface area contributed by atoms with Gasteiger partial charge in [-0.15, -0.1) is 0 Å². The van der Waals surface area contributed by atoms with E-state index in [2.05, 4.69) is 20.9 Å². The Balaban J connectivity index is 2.42. The van der Waals surface area contributed by atoms with E-state index in [1.807, 2.05) is 6.07 Å². The molecule has 0 fully saturated rings. The fourth-order valence-corrected chi connectivity index (χ4v) is 3.29. The Labute approximate surface area is 127 Å². The molecule has 0 radical (unpaired) electrons. The van der Waals surface area contributed by atoms with Gasteiger partial charge in [-0.1, -0.05) is 34.8 Å². The number of rotatable bonds is 0. The molecular weight excluding hydrogens is 360 g/mol. The summed E-state index contributed by atoms with van der Waals surface area (Å²) in [6, 6.07) is 1.84. The van der Waals surface area contributed by atoms with Crippen LogP contribution in [0.3, 0.4) is 0 Å². The van der Waals surface area contributed by atoms with Crippen LogP contribution in [0.4, 0.5) is 0 Å². The molecule has 0 aliphatic carbocycles. The Bertz CT molecular complexity index is 660. The van der Waals surface area contributed by atoms with Gasteiger partial charge in [0.15, 0.2) is 0 Å². The van der Waals surface area contributed by atoms with Crippen molar-refractivity contribution >= 4 is 61.6 Å². The molecule has 94 valence electrons. The van der Waals surface area contributed by atoms with Crippen molar-refractivity contribution in [3.05, 3.63) is 36.9 Å². The summed E-state index contributed by atoms with van der Waals surface area (Å²) in [5.74, 6) is 0. The number of halogens is 4. The molecule has 0 spiro atoms. The summed E-state index contributed by atoms with van der Waals surface area (Å²) in [7, 11) is 0. The maximum atomic E-state index is 6.41. The number of pyridine rings is 1. The van der Waals surface area contributed by atoms with Crippen LogP contribution in [0.25, 0.3) is 10.9 Å². The van der Waals surface area contributed by atoms with Crippen molar-refractivity contribution in [1.82, 2.24) is 4.98 Å². The molecule has 2 heterocycles. The lowest BCUT2D eigenvalue weighted by atomic mass is 10.1.